The molecular formula is C15H17ClN2. The number of halogens is 1. The van der Waals surface area contributed by atoms with Crippen LogP contribution in [0, 0.1) is 0 Å². The average molecular weight is 261 g/mol. The van der Waals surface area contributed by atoms with E-state index in [0.29, 0.717) is 0 Å². The first kappa shape index (κ1) is 11.9. The molecule has 0 fully saturated rings. The zero-order valence-electron chi connectivity index (χ0n) is 10.6. The van der Waals surface area contributed by atoms with E-state index in [4.69, 9.17) is 16.6 Å². The molecule has 0 saturated heterocycles. The van der Waals surface area contributed by atoms with E-state index in [2.05, 4.69) is 11.4 Å². The normalized spacial score (nSPS) is 14.8. The van der Waals surface area contributed by atoms with Crippen molar-refractivity contribution in [1.82, 2.24) is 10.3 Å². The predicted molar refractivity (Wildman–Crippen MR) is 76.2 cm³/mol. The highest BCUT2D eigenvalue weighted by Crippen LogP contribution is 2.32. The fourth-order valence-corrected chi connectivity index (χ4v) is 3.10. The molecule has 2 aromatic rings. The highest BCUT2D eigenvalue weighted by molar-refractivity contribution is 6.35. The smallest absolute Gasteiger partial charge is 0.0894 e. The van der Waals surface area contributed by atoms with Crippen LogP contribution in [-0.2, 0) is 19.4 Å². The summed E-state index contributed by atoms with van der Waals surface area (Å²) in [5.41, 5.74) is 5.06. The van der Waals surface area contributed by atoms with Gasteiger partial charge in [0.05, 0.1) is 10.5 Å². The average Bonchev–Trinajstić information content (AvgIpc) is 2.40. The first-order valence-electron chi connectivity index (χ1n) is 6.54. The number of aryl methyl sites for hydroxylation is 1. The van der Waals surface area contributed by atoms with Crippen molar-refractivity contribution in [3.63, 3.8) is 0 Å². The lowest BCUT2D eigenvalue weighted by atomic mass is 9.90. The fourth-order valence-electron chi connectivity index (χ4n) is 2.89. The number of benzene rings is 1. The molecule has 1 aliphatic rings. The maximum atomic E-state index is 6.29. The molecule has 1 aromatic carbocycles. The van der Waals surface area contributed by atoms with E-state index < -0.39 is 0 Å². The third kappa shape index (κ3) is 1.90. The molecule has 0 atom stereocenters. The highest BCUT2D eigenvalue weighted by atomic mass is 35.5. The van der Waals surface area contributed by atoms with Gasteiger partial charge in [-0.15, -0.1) is 0 Å². The van der Waals surface area contributed by atoms with Crippen LogP contribution in [0.2, 0.25) is 5.02 Å². The topological polar surface area (TPSA) is 24.9 Å². The van der Waals surface area contributed by atoms with E-state index in [9.17, 15) is 0 Å². The number of rotatable bonds is 2. The van der Waals surface area contributed by atoms with E-state index >= 15 is 0 Å². The highest BCUT2D eigenvalue weighted by Gasteiger charge is 2.18. The second-order valence-electron chi connectivity index (χ2n) is 4.89. The summed E-state index contributed by atoms with van der Waals surface area (Å²) in [4.78, 5) is 4.80. The fraction of sp³-hybridized carbons (Fsp3) is 0.400. The van der Waals surface area contributed by atoms with Gasteiger partial charge in [-0.1, -0.05) is 23.7 Å². The van der Waals surface area contributed by atoms with Crippen LogP contribution in [0.4, 0.5) is 0 Å². The summed E-state index contributed by atoms with van der Waals surface area (Å²) in [6.07, 6.45) is 4.77. The summed E-state index contributed by atoms with van der Waals surface area (Å²) in [5, 5.41) is 5.24. The van der Waals surface area contributed by atoms with Gasteiger partial charge in [-0.3, -0.25) is 4.98 Å². The van der Waals surface area contributed by atoms with E-state index in [0.717, 1.165) is 29.9 Å². The number of para-hydroxylation sites is 1. The molecule has 1 N–H and O–H groups in total. The lowest BCUT2D eigenvalue weighted by Gasteiger charge is -2.21. The van der Waals surface area contributed by atoms with Crippen LogP contribution in [0.5, 0.6) is 0 Å². The maximum Gasteiger partial charge on any atom is 0.0894 e. The Kier molecular flexibility index (Phi) is 3.23. The molecule has 0 spiro atoms. The number of nitrogens with one attached hydrogen (secondary N) is 1. The number of hydrogen-bond acceptors (Lipinski definition) is 2. The van der Waals surface area contributed by atoms with Crippen LogP contribution >= 0.6 is 11.6 Å². The third-order valence-electron chi connectivity index (χ3n) is 3.72. The van der Waals surface area contributed by atoms with Crippen LogP contribution in [-0.4, -0.2) is 12.0 Å². The van der Waals surface area contributed by atoms with Crippen molar-refractivity contribution in [3.8, 4) is 0 Å². The number of pyridine rings is 1. The van der Waals surface area contributed by atoms with Gasteiger partial charge in [0, 0.05) is 17.6 Å². The molecular weight excluding hydrogens is 244 g/mol. The Morgan fingerprint density at radius 2 is 2.11 bits per heavy atom. The van der Waals surface area contributed by atoms with Crippen LogP contribution < -0.4 is 5.32 Å². The van der Waals surface area contributed by atoms with Crippen LogP contribution in [0.1, 0.15) is 29.7 Å². The second-order valence-corrected chi connectivity index (χ2v) is 5.30. The monoisotopic (exact) mass is 260 g/mol. The molecule has 3 heteroatoms. The quantitative estimate of drug-likeness (QED) is 0.894. The molecule has 2 nitrogen and oxygen atoms in total. The summed E-state index contributed by atoms with van der Waals surface area (Å²) < 4.78 is 0. The number of hydrogen-bond donors (Lipinski definition) is 1. The summed E-state index contributed by atoms with van der Waals surface area (Å²) in [5.74, 6) is 0. The maximum absolute atomic E-state index is 6.29. The van der Waals surface area contributed by atoms with E-state index in [1.54, 1.807) is 0 Å². The van der Waals surface area contributed by atoms with E-state index in [1.165, 1.54) is 35.0 Å². The minimum Gasteiger partial charge on any atom is -0.316 e. The Balaban J connectivity index is 2.33. The van der Waals surface area contributed by atoms with Gasteiger partial charge in [0.1, 0.15) is 0 Å². The summed E-state index contributed by atoms with van der Waals surface area (Å²) in [6.45, 7) is 0.891. The molecule has 1 aromatic heterocycles. The zero-order chi connectivity index (χ0) is 12.5. The second kappa shape index (κ2) is 4.87. The summed E-state index contributed by atoms with van der Waals surface area (Å²) in [7, 11) is 1.99. The van der Waals surface area contributed by atoms with Crippen molar-refractivity contribution in [3.05, 3.63) is 40.0 Å². The van der Waals surface area contributed by atoms with Gasteiger partial charge in [0.2, 0.25) is 0 Å². The lowest BCUT2D eigenvalue weighted by Crippen LogP contribution is -2.14. The van der Waals surface area contributed by atoms with Crippen molar-refractivity contribution >= 4 is 22.5 Å². The molecule has 3 rings (SSSR count). The van der Waals surface area contributed by atoms with Gasteiger partial charge in [-0.2, -0.15) is 0 Å². The Hall–Kier alpha value is -1.12. The number of nitrogens with zero attached hydrogens (tertiary/aromatic N) is 1. The lowest BCUT2D eigenvalue weighted by molar-refractivity contribution is 0.659. The van der Waals surface area contributed by atoms with Crippen molar-refractivity contribution in [2.75, 3.05) is 7.05 Å². The molecule has 0 bridgehead atoms. The molecule has 1 aliphatic carbocycles. The third-order valence-corrected chi connectivity index (χ3v) is 4.02. The van der Waals surface area contributed by atoms with Gasteiger partial charge in [0.25, 0.3) is 0 Å². The Morgan fingerprint density at radius 3 is 2.94 bits per heavy atom. The molecule has 0 aliphatic heterocycles. The molecule has 18 heavy (non-hydrogen) atoms. The van der Waals surface area contributed by atoms with Crippen molar-refractivity contribution in [2.45, 2.75) is 32.2 Å². The molecule has 0 saturated carbocycles. The molecule has 94 valence electrons. The molecule has 0 radical (unpaired) electrons. The van der Waals surface area contributed by atoms with Crippen molar-refractivity contribution < 1.29 is 0 Å². The van der Waals surface area contributed by atoms with Crippen molar-refractivity contribution in [2.24, 2.45) is 0 Å². The van der Waals surface area contributed by atoms with Gasteiger partial charge < -0.3 is 5.32 Å². The van der Waals surface area contributed by atoms with Crippen LogP contribution in [0.25, 0.3) is 10.9 Å². The first-order chi connectivity index (χ1) is 8.81. The Bertz CT molecular complexity index is 593. The van der Waals surface area contributed by atoms with E-state index in [1.807, 2.05) is 19.2 Å². The SMILES string of the molecule is CNCc1c2c(nc3c(Cl)cccc13)CCCC2. The van der Waals surface area contributed by atoms with Crippen molar-refractivity contribution in [1.29, 1.82) is 0 Å². The van der Waals surface area contributed by atoms with Crippen LogP contribution in [0.15, 0.2) is 18.2 Å². The largest absolute Gasteiger partial charge is 0.316 e. The molecule has 0 amide bonds. The Labute approximate surface area is 112 Å². The van der Waals surface area contributed by atoms with Crippen LogP contribution in [0.3, 0.4) is 0 Å². The van der Waals surface area contributed by atoms with Gasteiger partial charge >= 0.3 is 0 Å². The standard InChI is InChI=1S/C15H17ClN2/c1-17-9-12-10-5-2-3-8-14(10)18-15-11(12)6-4-7-13(15)16/h4,6-7,17H,2-3,5,8-9H2,1H3. The summed E-state index contributed by atoms with van der Waals surface area (Å²) >= 11 is 6.29. The summed E-state index contributed by atoms with van der Waals surface area (Å²) in [6, 6.07) is 6.08. The number of aromatic nitrogens is 1. The first-order valence-corrected chi connectivity index (χ1v) is 6.92. The minimum absolute atomic E-state index is 0.762. The molecule has 1 heterocycles. The van der Waals surface area contributed by atoms with E-state index in [-0.39, 0.29) is 0 Å². The van der Waals surface area contributed by atoms with Gasteiger partial charge in [0.15, 0.2) is 0 Å². The number of fused-ring (bicyclic) bond motifs is 2. The minimum atomic E-state index is 0.762. The zero-order valence-corrected chi connectivity index (χ0v) is 11.3. The van der Waals surface area contributed by atoms with Gasteiger partial charge in [-0.05, 0) is 49.9 Å². The van der Waals surface area contributed by atoms with Gasteiger partial charge in [-0.25, -0.2) is 0 Å². The molecule has 0 unspecified atom stereocenters. The predicted octanol–water partition coefficient (Wildman–Crippen LogP) is 3.49. The Morgan fingerprint density at radius 1 is 1.28 bits per heavy atom.